The van der Waals surface area contributed by atoms with Crippen LogP contribution in [0.25, 0.3) is 16.7 Å². The van der Waals surface area contributed by atoms with Crippen LogP contribution in [-0.4, -0.2) is 38.2 Å². The number of aromatic nitrogens is 2. The van der Waals surface area contributed by atoms with E-state index in [-0.39, 0.29) is 11.3 Å². The highest BCUT2D eigenvalue weighted by atomic mass is 16.3. The molecule has 2 N–H and O–H groups in total. The molecule has 148 valence electrons. The predicted molar refractivity (Wildman–Crippen MR) is 111 cm³/mol. The Hall–Kier alpha value is -3.41. The second-order valence-corrected chi connectivity index (χ2v) is 7.20. The van der Waals surface area contributed by atoms with E-state index in [4.69, 9.17) is 0 Å². The van der Waals surface area contributed by atoms with Gasteiger partial charge in [-0.15, -0.1) is 0 Å². The number of ketones is 1. The molecule has 0 bridgehead atoms. The van der Waals surface area contributed by atoms with Gasteiger partial charge in [-0.2, -0.15) is 0 Å². The van der Waals surface area contributed by atoms with Crippen molar-refractivity contribution in [2.45, 2.75) is 32.2 Å². The van der Waals surface area contributed by atoms with Gasteiger partial charge < -0.3 is 15.0 Å². The van der Waals surface area contributed by atoms with Crippen molar-refractivity contribution in [1.29, 1.82) is 0 Å². The van der Waals surface area contributed by atoms with Crippen LogP contribution in [-0.2, 0) is 9.59 Å². The fraction of sp³-hybridized carbons (Fsp3) is 0.261. The third-order valence-corrected chi connectivity index (χ3v) is 5.35. The molecule has 6 heteroatoms. The van der Waals surface area contributed by atoms with Gasteiger partial charge in [-0.3, -0.25) is 14.6 Å². The van der Waals surface area contributed by atoms with E-state index < -0.39 is 17.7 Å². The number of nitrogens with one attached hydrogen (secondary N) is 1. The quantitative estimate of drug-likeness (QED) is 0.287. The number of carbonyl (C=O) groups excluding carboxylic acids is 2. The highest BCUT2D eigenvalue weighted by Crippen LogP contribution is 2.39. The number of para-hydroxylation sites is 1. The molecule has 0 radical (unpaired) electrons. The zero-order valence-corrected chi connectivity index (χ0v) is 16.3. The molecule has 3 heterocycles. The molecular formula is C23H23N3O3. The summed E-state index contributed by atoms with van der Waals surface area (Å²) < 4.78 is 0. The van der Waals surface area contributed by atoms with Crippen LogP contribution >= 0.6 is 0 Å². The maximum atomic E-state index is 13.0. The molecule has 1 aliphatic rings. The minimum Gasteiger partial charge on any atom is -0.507 e. The van der Waals surface area contributed by atoms with Crippen LogP contribution in [0.2, 0.25) is 0 Å². The van der Waals surface area contributed by atoms with E-state index in [2.05, 4.69) is 16.9 Å². The summed E-state index contributed by atoms with van der Waals surface area (Å²) in [6, 6.07) is 12.2. The Morgan fingerprint density at radius 3 is 2.69 bits per heavy atom. The summed E-state index contributed by atoms with van der Waals surface area (Å²) in [4.78, 5) is 34.8. The Morgan fingerprint density at radius 1 is 1.14 bits per heavy atom. The van der Waals surface area contributed by atoms with Gasteiger partial charge in [0.05, 0.1) is 11.3 Å². The molecule has 1 atom stereocenters. The van der Waals surface area contributed by atoms with Crippen molar-refractivity contribution in [2.24, 2.45) is 0 Å². The first-order valence-electron chi connectivity index (χ1n) is 9.89. The van der Waals surface area contributed by atoms with Gasteiger partial charge in [-0.1, -0.05) is 44.0 Å². The summed E-state index contributed by atoms with van der Waals surface area (Å²) in [5, 5.41) is 11.9. The molecule has 0 spiro atoms. The number of hydrogen-bond donors (Lipinski definition) is 2. The number of benzene rings is 1. The summed E-state index contributed by atoms with van der Waals surface area (Å²) in [6.07, 6.45) is 6.06. The van der Waals surface area contributed by atoms with E-state index in [0.717, 1.165) is 30.2 Å². The van der Waals surface area contributed by atoms with Crippen molar-refractivity contribution >= 4 is 28.4 Å². The van der Waals surface area contributed by atoms with E-state index in [1.54, 1.807) is 29.4 Å². The number of unbranched alkanes of at least 4 members (excludes halogenated alkanes) is 2. The van der Waals surface area contributed by atoms with E-state index in [1.165, 1.54) is 0 Å². The number of amides is 1. The second kappa shape index (κ2) is 7.91. The third kappa shape index (κ3) is 3.31. The average molecular weight is 389 g/mol. The number of pyridine rings is 1. The monoisotopic (exact) mass is 389 g/mol. The van der Waals surface area contributed by atoms with Gasteiger partial charge in [0.25, 0.3) is 11.7 Å². The van der Waals surface area contributed by atoms with Crippen molar-refractivity contribution in [2.75, 3.05) is 6.54 Å². The highest BCUT2D eigenvalue weighted by Gasteiger charge is 2.46. The standard InChI is InChI=1S/C23H23N3O3/c1-2-3-8-13-26-20(18-11-6-7-12-24-18)19(22(28)23(26)29)21(27)16-14-25-17-10-5-4-9-15(16)17/h4-7,9-12,14,20,25,27H,2-3,8,13H2,1H3/b21-19-. The number of likely N-dealkylation sites (tertiary alicyclic amines) is 1. The number of rotatable bonds is 6. The van der Waals surface area contributed by atoms with E-state index in [1.807, 2.05) is 30.3 Å². The summed E-state index contributed by atoms with van der Waals surface area (Å²) >= 11 is 0. The van der Waals surface area contributed by atoms with Crippen molar-refractivity contribution < 1.29 is 14.7 Å². The first-order chi connectivity index (χ1) is 14.1. The lowest BCUT2D eigenvalue weighted by atomic mass is 9.98. The second-order valence-electron chi connectivity index (χ2n) is 7.20. The predicted octanol–water partition coefficient (Wildman–Crippen LogP) is 4.17. The molecule has 1 aliphatic heterocycles. The van der Waals surface area contributed by atoms with Crippen molar-refractivity contribution in [3.63, 3.8) is 0 Å². The van der Waals surface area contributed by atoms with Gasteiger partial charge >= 0.3 is 0 Å². The maximum absolute atomic E-state index is 13.0. The number of carbonyl (C=O) groups is 2. The van der Waals surface area contributed by atoms with Crippen LogP contribution in [0.5, 0.6) is 0 Å². The van der Waals surface area contributed by atoms with Crippen LogP contribution in [0.15, 0.2) is 60.4 Å². The maximum Gasteiger partial charge on any atom is 0.295 e. The molecule has 29 heavy (non-hydrogen) atoms. The van der Waals surface area contributed by atoms with Crippen LogP contribution in [0.1, 0.15) is 43.5 Å². The van der Waals surface area contributed by atoms with Crippen molar-refractivity contribution in [3.05, 3.63) is 71.7 Å². The Labute approximate surface area is 168 Å². The number of H-pyrrole nitrogens is 1. The highest BCUT2D eigenvalue weighted by molar-refractivity contribution is 6.46. The van der Waals surface area contributed by atoms with E-state index in [0.29, 0.717) is 17.8 Å². The zero-order chi connectivity index (χ0) is 20.4. The van der Waals surface area contributed by atoms with E-state index >= 15 is 0 Å². The molecule has 3 aromatic rings. The number of nitrogens with zero attached hydrogens (tertiary/aromatic N) is 2. The van der Waals surface area contributed by atoms with E-state index in [9.17, 15) is 14.7 Å². The lowest BCUT2D eigenvalue weighted by Crippen LogP contribution is -2.31. The topological polar surface area (TPSA) is 86.3 Å². The molecule has 1 amide bonds. The molecule has 1 fully saturated rings. The van der Waals surface area contributed by atoms with Crippen LogP contribution < -0.4 is 0 Å². The van der Waals surface area contributed by atoms with Gasteiger partial charge in [-0.05, 0) is 24.6 Å². The smallest absolute Gasteiger partial charge is 0.295 e. The molecule has 0 saturated carbocycles. The molecule has 4 rings (SSSR count). The molecule has 1 unspecified atom stereocenters. The number of aliphatic hydroxyl groups excluding tert-OH is 1. The minimum absolute atomic E-state index is 0.0925. The first kappa shape index (κ1) is 18.9. The van der Waals surface area contributed by atoms with Crippen LogP contribution in [0.3, 0.4) is 0 Å². The zero-order valence-electron chi connectivity index (χ0n) is 16.3. The Kier molecular flexibility index (Phi) is 5.16. The molecule has 0 aliphatic carbocycles. The number of Topliss-reactive ketones (excluding diaryl/α,β-unsaturated/α-hetero) is 1. The number of aromatic amines is 1. The van der Waals surface area contributed by atoms with Gasteiger partial charge in [-0.25, -0.2) is 0 Å². The van der Waals surface area contributed by atoms with Crippen LogP contribution in [0, 0.1) is 0 Å². The Balaban J connectivity index is 1.86. The Morgan fingerprint density at radius 2 is 1.93 bits per heavy atom. The van der Waals surface area contributed by atoms with Crippen molar-refractivity contribution in [1.82, 2.24) is 14.9 Å². The molecule has 1 saturated heterocycles. The summed E-state index contributed by atoms with van der Waals surface area (Å²) in [6.45, 7) is 2.53. The summed E-state index contributed by atoms with van der Waals surface area (Å²) in [7, 11) is 0. The first-order valence-corrected chi connectivity index (χ1v) is 9.89. The average Bonchev–Trinajstić information content (AvgIpc) is 3.29. The SMILES string of the molecule is CCCCCN1C(=O)C(=O)/C(=C(\O)c2c[nH]c3ccccc23)C1c1ccccn1. The van der Waals surface area contributed by atoms with Gasteiger partial charge in [0.1, 0.15) is 11.8 Å². The normalized spacial score (nSPS) is 18.7. The lowest BCUT2D eigenvalue weighted by Gasteiger charge is -2.24. The third-order valence-electron chi connectivity index (χ3n) is 5.35. The summed E-state index contributed by atoms with van der Waals surface area (Å²) in [5.41, 5.74) is 2.02. The molecule has 1 aromatic carbocycles. The minimum atomic E-state index is -0.693. The van der Waals surface area contributed by atoms with Gasteiger partial charge in [0.2, 0.25) is 0 Å². The van der Waals surface area contributed by atoms with Gasteiger partial charge in [0.15, 0.2) is 0 Å². The number of hydrogen-bond acceptors (Lipinski definition) is 4. The number of aliphatic hydroxyl groups is 1. The van der Waals surface area contributed by atoms with Crippen LogP contribution in [0.4, 0.5) is 0 Å². The van der Waals surface area contributed by atoms with Crippen molar-refractivity contribution in [3.8, 4) is 0 Å². The Bertz CT molecular complexity index is 1080. The molecule has 2 aromatic heterocycles. The number of fused-ring (bicyclic) bond motifs is 1. The summed E-state index contributed by atoms with van der Waals surface area (Å²) in [5.74, 6) is -1.42. The molecular weight excluding hydrogens is 366 g/mol. The molecule has 6 nitrogen and oxygen atoms in total. The largest absolute Gasteiger partial charge is 0.507 e. The lowest BCUT2D eigenvalue weighted by molar-refractivity contribution is -0.140. The fourth-order valence-electron chi connectivity index (χ4n) is 3.90. The fourth-order valence-corrected chi connectivity index (χ4v) is 3.90. The van der Waals surface area contributed by atoms with Gasteiger partial charge in [0, 0.05) is 35.4 Å².